The molecular formula is C24H28ClNO5. The highest BCUT2D eigenvalue weighted by molar-refractivity contribution is 6.30. The number of anilines is 1. The van der Waals surface area contributed by atoms with Gasteiger partial charge in [0.15, 0.2) is 5.92 Å². The molecule has 0 fully saturated rings. The standard InChI is InChI=1S/C24H28ClNO5/c1-14-10-18(19(11-15(14)2)26-23(29)24(3,4)5)20(21(27)30-6)22(28)31-13-16-8-7-9-17(25)12-16/h7-12,20H,13H2,1-6H3,(H,26,29). The van der Waals surface area contributed by atoms with Crippen molar-refractivity contribution in [2.24, 2.45) is 5.41 Å². The van der Waals surface area contributed by atoms with Gasteiger partial charge in [0.2, 0.25) is 5.91 Å². The van der Waals surface area contributed by atoms with E-state index in [9.17, 15) is 14.4 Å². The third-order valence-corrected chi connectivity index (χ3v) is 5.08. The summed E-state index contributed by atoms with van der Waals surface area (Å²) < 4.78 is 10.3. The molecule has 0 heterocycles. The van der Waals surface area contributed by atoms with E-state index in [-0.39, 0.29) is 12.5 Å². The maximum atomic E-state index is 13.0. The third kappa shape index (κ3) is 6.31. The van der Waals surface area contributed by atoms with Crippen molar-refractivity contribution in [1.82, 2.24) is 0 Å². The predicted molar refractivity (Wildman–Crippen MR) is 120 cm³/mol. The highest BCUT2D eigenvalue weighted by atomic mass is 35.5. The first-order chi connectivity index (χ1) is 14.4. The number of ether oxygens (including phenoxy) is 2. The Morgan fingerprint density at radius 3 is 2.26 bits per heavy atom. The van der Waals surface area contributed by atoms with Gasteiger partial charge < -0.3 is 14.8 Å². The molecule has 0 radical (unpaired) electrons. The molecule has 0 aliphatic heterocycles. The molecule has 7 heteroatoms. The molecule has 1 unspecified atom stereocenters. The normalized spacial score (nSPS) is 12.1. The van der Waals surface area contributed by atoms with Crippen molar-refractivity contribution >= 4 is 35.1 Å². The van der Waals surface area contributed by atoms with Gasteiger partial charge in [0, 0.05) is 21.7 Å². The number of benzene rings is 2. The van der Waals surface area contributed by atoms with Crippen molar-refractivity contribution in [2.75, 3.05) is 12.4 Å². The second-order valence-electron chi connectivity index (χ2n) is 8.42. The van der Waals surface area contributed by atoms with Crippen LogP contribution in [0.4, 0.5) is 5.69 Å². The molecule has 0 spiro atoms. The third-order valence-electron chi connectivity index (χ3n) is 4.85. The van der Waals surface area contributed by atoms with Gasteiger partial charge in [0.25, 0.3) is 0 Å². The summed E-state index contributed by atoms with van der Waals surface area (Å²) in [5.74, 6) is -3.14. The van der Waals surface area contributed by atoms with Crippen LogP contribution in [0.5, 0.6) is 0 Å². The average molecular weight is 446 g/mol. The van der Waals surface area contributed by atoms with Crippen molar-refractivity contribution < 1.29 is 23.9 Å². The van der Waals surface area contributed by atoms with Gasteiger partial charge in [0.1, 0.15) is 6.61 Å². The molecule has 2 aromatic carbocycles. The van der Waals surface area contributed by atoms with E-state index in [0.29, 0.717) is 21.8 Å². The second-order valence-corrected chi connectivity index (χ2v) is 8.86. The second kappa shape index (κ2) is 9.96. The van der Waals surface area contributed by atoms with Gasteiger partial charge >= 0.3 is 11.9 Å². The fraction of sp³-hybridized carbons (Fsp3) is 0.375. The average Bonchev–Trinajstić information content (AvgIpc) is 2.69. The number of hydrogen-bond acceptors (Lipinski definition) is 5. The van der Waals surface area contributed by atoms with Gasteiger partial charge in [-0.25, -0.2) is 0 Å². The minimum atomic E-state index is -1.35. The van der Waals surface area contributed by atoms with E-state index in [1.165, 1.54) is 7.11 Å². The Bertz CT molecular complexity index is 994. The Kier molecular flexibility index (Phi) is 7.85. The molecule has 0 aliphatic carbocycles. The molecule has 2 rings (SSSR count). The maximum absolute atomic E-state index is 13.0. The van der Waals surface area contributed by atoms with Crippen LogP contribution < -0.4 is 5.32 Å². The smallest absolute Gasteiger partial charge is 0.325 e. The van der Waals surface area contributed by atoms with E-state index in [1.54, 1.807) is 57.2 Å². The van der Waals surface area contributed by atoms with Gasteiger partial charge in [-0.1, -0.05) is 50.6 Å². The summed E-state index contributed by atoms with van der Waals surface area (Å²) in [7, 11) is 1.20. The lowest BCUT2D eigenvalue weighted by atomic mass is 9.91. The van der Waals surface area contributed by atoms with Crippen molar-refractivity contribution in [3.63, 3.8) is 0 Å². The van der Waals surface area contributed by atoms with Crippen LogP contribution in [0.3, 0.4) is 0 Å². The largest absolute Gasteiger partial charge is 0.468 e. The quantitative estimate of drug-likeness (QED) is 0.503. The number of hydrogen-bond donors (Lipinski definition) is 1. The van der Waals surface area contributed by atoms with Crippen molar-refractivity contribution in [3.8, 4) is 0 Å². The van der Waals surface area contributed by atoms with Crippen LogP contribution in [0.25, 0.3) is 0 Å². The summed E-state index contributed by atoms with van der Waals surface area (Å²) in [4.78, 5) is 38.2. The molecule has 2 aromatic rings. The zero-order chi connectivity index (χ0) is 23.3. The van der Waals surface area contributed by atoms with Crippen LogP contribution in [0.15, 0.2) is 36.4 Å². The molecule has 1 amide bonds. The first-order valence-corrected chi connectivity index (χ1v) is 10.2. The molecule has 1 atom stereocenters. The summed E-state index contributed by atoms with van der Waals surface area (Å²) in [6.45, 7) is 9.03. The van der Waals surface area contributed by atoms with Crippen molar-refractivity contribution in [3.05, 3.63) is 63.7 Å². The van der Waals surface area contributed by atoms with Gasteiger partial charge in [-0.05, 0) is 48.7 Å². The van der Waals surface area contributed by atoms with E-state index in [4.69, 9.17) is 21.1 Å². The van der Waals surface area contributed by atoms with E-state index in [2.05, 4.69) is 5.32 Å². The number of esters is 2. The van der Waals surface area contributed by atoms with E-state index in [1.807, 2.05) is 13.8 Å². The van der Waals surface area contributed by atoms with E-state index >= 15 is 0 Å². The maximum Gasteiger partial charge on any atom is 0.325 e. The number of carbonyl (C=O) groups is 3. The first kappa shape index (κ1) is 24.4. The molecule has 0 saturated heterocycles. The zero-order valence-electron chi connectivity index (χ0n) is 18.7. The number of halogens is 1. The highest BCUT2D eigenvalue weighted by Gasteiger charge is 2.35. The summed E-state index contributed by atoms with van der Waals surface area (Å²) in [5.41, 5.74) is 2.49. The monoisotopic (exact) mass is 445 g/mol. The summed E-state index contributed by atoms with van der Waals surface area (Å²) >= 11 is 5.97. The number of methoxy groups -OCH3 is 1. The molecule has 0 saturated carbocycles. The molecule has 0 bridgehead atoms. The van der Waals surface area contributed by atoms with Crippen LogP contribution in [0.1, 0.15) is 48.9 Å². The summed E-state index contributed by atoms with van der Waals surface area (Å²) in [5, 5.41) is 3.36. The Morgan fingerprint density at radius 1 is 1.03 bits per heavy atom. The minimum Gasteiger partial charge on any atom is -0.468 e. The van der Waals surface area contributed by atoms with Gasteiger partial charge in [-0.3, -0.25) is 14.4 Å². The molecule has 6 nitrogen and oxygen atoms in total. The van der Waals surface area contributed by atoms with E-state index in [0.717, 1.165) is 11.1 Å². The van der Waals surface area contributed by atoms with Crippen LogP contribution in [0.2, 0.25) is 5.02 Å². The number of carbonyl (C=O) groups excluding carboxylic acids is 3. The lowest BCUT2D eigenvalue weighted by molar-refractivity contribution is -0.156. The zero-order valence-corrected chi connectivity index (χ0v) is 19.4. The molecule has 1 N–H and O–H groups in total. The highest BCUT2D eigenvalue weighted by Crippen LogP contribution is 2.32. The Balaban J connectivity index is 2.42. The van der Waals surface area contributed by atoms with Crippen LogP contribution in [-0.4, -0.2) is 25.0 Å². The molecule has 31 heavy (non-hydrogen) atoms. The Hall–Kier alpha value is -2.86. The molecule has 166 valence electrons. The van der Waals surface area contributed by atoms with Crippen molar-refractivity contribution in [2.45, 2.75) is 47.1 Å². The van der Waals surface area contributed by atoms with E-state index < -0.39 is 23.3 Å². The van der Waals surface area contributed by atoms with Crippen LogP contribution in [-0.2, 0) is 30.5 Å². The first-order valence-electron chi connectivity index (χ1n) is 9.85. The Labute approximate surface area is 187 Å². The summed E-state index contributed by atoms with van der Waals surface area (Å²) in [6.07, 6.45) is 0. The topological polar surface area (TPSA) is 81.7 Å². The Morgan fingerprint density at radius 2 is 1.68 bits per heavy atom. The molecular weight excluding hydrogens is 418 g/mol. The number of nitrogens with one attached hydrogen (secondary N) is 1. The predicted octanol–water partition coefficient (Wildman–Crippen LogP) is 4.94. The SMILES string of the molecule is COC(=O)C(C(=O)OCc1cccc(Cl)c1)c1cc(C)c(C)cc1NC(=O)C(C)(C)C. The molecule has 0 aliphatic rings. The lowest BCUT2D eigenvalue weighted by Crippen LogP contribution is -2.30. The number of aryl methyl sites for hydroxylation is 2. The van der Waals surface area contributed by atoms with Crippen LogP contribution in [0, 0.1) is 19.3 Å². The van der Waals surface area contributed by atoms with Gasteiger partial charge in [0.05, 0.1) is 7.11 Å². The number of rotatable bonds is 6. The number of amides is 1. The molecule has 0 aromatic heterocycles. The fourth-order valence-corrected chi connectivity index (χ4v) is 3.04. The lowest BCUT2D eigenvalue weighted by Gasteiger charge is -2.23. The van der Waals surface area contributed by atoms with Crippen molar-refractivity contribution in [1.29, 1.82) is 0 Å². The minimum absolute atomic E-state index is 0.0542. The van der Waals surface area contributed by atoms with Gasteiger partial charge in [-0.15, -0.1) is 0 Å². The van der Waals surface area contributed by atoms with Gasteiger partial charge in [-0.2, -0.15) is 0 Å². The summed E-state index contributed by atoms with van der Waals surface area (Å²) in [6, 6.07) is 10.3. The fourth-order valence-electron chi connectivity index (χ4n) is 2.83. The van der Waals surface area contributed by atoms with Crippen LogP contribution >= 0.6 is 11.6 Å².